The number of carbonyl (C=O) groups excluding carboxylic acids is 2. The Balaban J connectivity index is 1.35. The molecule has 2 atom stereocenters. The monoisotopic (exact) mass is 760 g/mol. The number of benzene rings is 2. The van der Waals surface area contributed by atoms with Crippen molar-refractivity contribution in [3.05, 3.63) is 116 Å². The summed E-state index contributed by atoms with van der Waals surface area (Å²) in [5.74, 6) is -0.100. The van der Waals surface area contributed by atoms with Crippen LogP contribution in [-0.4, -0.2) is 79.1 Å². The highest BCUT2D eigenvalue weighted by Gasteiger charge is 2.43. The molecule has 9 nitrogen and oxygen atoms in total. The van der Waals surface area contributed by atoms with Gasteiger partial charge >= 0.3 is 6.09 Å². The number of fused-ring (bicyclic) bond motifs is 2. The summed E-state index contributed by atoms with van der Waals surface area (Å²) in [7, 11) is 0. The van der Waals surface area contributed by atoms with Crippen LogP contribution in [0.2, 0.25) is 5.02 Å². The smallest absolute Gasteiger partial charge is 0.411 e. The summed E-state index contributed by atoms with van der Waals surface area (Å²) in [6, 6.07) is 17.3. The fourth-order valence-electron chi connectivity index (χ4n) is 7.05. The van der Waals surface area contributed by atoms with Crippen LogP contribution >= 0.6 is 27.5 Å². The van der Waals surface area contributed by atoms with E-state index in [-0.39, 0.29) is 11.9 Å². The molecule has 0 saturated carbocycles. The van der Waals surface area contributed by atoms with Crippen LogP contribution in [0.15, 0.2) is 71.6 Å². The molecule has 1 aliphatic heterocycles. The Kier molecular flexibility index (Phi) is 11.0. The van der Waals surface area contributed by atoms with Gasteiger partial charge in [-0.1, -0.05) is 48.0 Å². The molecule has 11 heteroatoms. The lowest BCUT2D eigenvalue weighted by Gasteiger charge is -2.45. The van der Waals surface area contributed by atoms with E-state index in [9.17, 15) is 9.59 Å². The molecule has 4 aromatic rings. The molecule has 3 heterocycles. The Bertz CT molecular complexity index is 1790. The average molecular weight is 762 g/mol. The normalized spacial score (nSPS) is 17.9. The number of nitrogens with zero attached hydrogens (tertiary/aromatic N) is 6. The number of carbonyl (C=O) groups is 2. The zero-order chi connectivity index (χ0) is 35.6. The molecule has 0 N–H and O–H groups in total. The van der Waals surface area contributed by atoms with Crippen LogP contribution in [0.4, 0.5) is 4.79 Å². The van der Waals surface area contributed by atoms with Crippen molar-refractivity contribution in [1.82, 2.24) is 29.2 Å². The third-order valence-corrected chi connectivity index (χ3v) is 10.3. The number of aryl methyl sites for hydroxylation is 4. The minimum Gasteiger partial charge on any atom is -0.444 e. The van der Waals surface area contributed by atoms with Gasteiger partial charge in [-0.15, -0.1) is 0 Å². The third-order valence-electron chi connectivity index (χ3n) is 9.68. The van der Waals surface area contributed by atoms with Crippen molar-refractivity contribution >= 4 is 39.5 Å². The van der Waals surface area contributed by atoms with Crippen molar-refractivity contribution < 1.29 is 14.3 Å². The zero-order valence-electron chi connectivity index (χ0n) is 29.5. The summed E-state index contributed by atoms with van der Waals surface area (Å²) in [5, 5.41) is 0.697. The minimum absolute atomic E-state index is 0.100. The predicted octanol–water partition coefficient (Wildman–Crippen LogP) is 7.54. The van der Waals surface area contributed by atoms with Crippen LogP contribution in [0.1, 0.15) is 72.6 Å². The zero-order valence-corrected chi connectivity index (χ0v) is 31.9. The molecule has 2 amide bonds. The molecule has 2 aromatic heterocycles. The fraction of sp³-hybridized carbons (Fsp3) is 0.436. The molecule has 2 aromatic carbocycles. The lowest BCUT2D eigenvalue weighted by Crippen LogP contribution is -2.62. The number of rotatable bonds is 8. The predicted molar refractivity (Wildman–Crippen MR) is 199 cm³/mol. The van der Waals surface area contributed by atoms with Gasteiger partial charge in [-0.3, -0.25) is 19.6 Å². The molecule has 1 fully saturated rings. The summed E-state index contributed by atoms with van der Waals surface area (Å²) in [6.45, 7) is 12.5. The molecule has 2 aliphatic rings. The first-order chi connectivity index (χ1) is 23.9. The van der Waals surface area contributed by atoms with Crippen LogP contribution in [0.3, 0.4) is 0 Å². The highest BCUT2D eigenvalue weighted by atomic mass is 79.9. The van der Waals surface area contributed by atoms with E-state index in [2.05, 4.69) is 55.5 Å². The van der Waals surface area contributed by atoms with Gasteiger partial charge in [0.25, 0.3) is 0 Å². The molecular formula is C39H46BrClN6O3. The van der Waals surface area contributed by atoms with Crippen LogP contribution in [0.5, 0.6) is 0 Å². The largest absolute Gasteiger partial charge is 0.444 e. The lowest BCUT2D eigenvalue weighted by molar-refractivity contribution is -0.140. The van der Waals surface area contributed by atoms with Crippen LogP contribution in [0, 0.1) is 13.8 Å². The number of halogens is 2. The molecule has 0 radical (unpaired) electrons. The topological polar surface area (TPSA) is 83.8 Å². The van der Waals surface area contributed by atoms with Gasteiger partial charge in [-0.05, 0) is 110 Å². The van der Waals surface area contributed by atoms with E-state index >= 15 is 0 Å². The summed E-state index contributed by atoms with van der Waals surface area (Å²) >= 11 is 10.1. The van der Waals surface area contributed by atoms with E-state index in [0.717, 1.165) is 64.1 Å². The van der Waals surface area contributed by atoms with Gasteiger partial charge in [-0.25, -0.2) is 9.78 Å². The van der Waals surface area contributed by atoms with Crippen molar-refractivity contribution in [1.29, 1.82) is 0 Å². The molecule has 0 bridgehead atoms. The van der Waals surface area contributed by atoms with Crippen LogP contribution in [0.25, 0.3) is 0 Å². The lowest BCUT2D eigenvalue weighted by atomic mass is 9.95. The van der Waals surface area contributed by atoms with E-state index < -0.39 is 17.7 Å². The molecule has 0 spiro atoms. The second kappa shape index (κ2) is 15.3. The number of piperazine rings is 1. The quantitative estimate of drug-likeness (QED) is 0.185. The number of amides is 2. The van der Waals surface area contributed by atoms with E-state index in [1.165, 1.54) is 5.56 Å². The maximum atomic E-state index is 15.0. The third kappa shape index (κ3) is 8.24. The summed E-state index contributed by atoms with van der Waals surface area (Å²) in [5.41, 5.74) is 6.88. The highest BCUT2D eigenvalue weighted by Crippen LogP contribution is 2.39. The highest BCUT2D eigenvalue weighted by molar-refractivity contribution is 9.10. The van der Waals surface area contributed by atoms with E-state index in [1.807, 2.05) is 81.5 Å². The van der Waals surface area contributed by atoms with Gasteiger partial charge in [0.15, 0.2) is 0 Å². The first-order valence-corrected chi connectivity index (χ1v) is 18.5. The van der Waals surface area contributed by atoms with Gasteiger partial charge in [0.2, 0.25) is 5.91 Å². The van der Waals surface area contributed by atoms with Gasteiger partial charge in [-0.2, -0.15) is 0 Å². The Morgan fingerprint density at radius 1 is 1.02 bits per heavy atom. The van der Waals surface area contributed by atoms with E-state index in [4.69, 9.17) is 21.3 Å². The number of ether oxygens (including phenoxy) is 1. The minimum atomic E-state index is -0.766. The van der Waals surface area contributed by atoms with Crippen molar-refractivity contribution in [2.24, 2.45) is 0 Å². The number of aromatic nitrogens is 3. The van der Waals surface area contributed by atoms with Crippen molar-refractivity contribution in [2.45, 2.75) is 84.7 Å². The maximum absolute atomic E-state index is 15.0. The molecule has 50 heavy (non-hydrogen) atoms. The molecular weight excluding hydrogens is 716 g/mol. The standard InChI is InChI=1S/C39H46BrClN6O3/c1-26-27(2)46(25-43-26)17-9-16-45(23-28-10-7-6-8-11-28)37(48)34-24-44(18-19-47(34)38(49)50-39(3,4)5)36-33-15-14-32(41)21-29(33)12-13-30-20-31(40)22-42-35(30)36/h6-8,10-11,14-15,20-22,25,34,36H,9,12-13,16-19,23-24H2,1-5H3/t34-,36?/m1/s1. The summed E-state index contributed by atoms with van der Waals surface area (Å²) in [6.07, 6.45) is 5.62. The first-order valence-electron chi connectivity index (χ1n) is 17.4. The number of pyridine rings is 1. The summed E-state index contributed by atoms with van der Waals surface area (Å²) in [4.78, 5) is 44.1. The molecule has 264 valence electrons. The van der Waals surface area contributed by atoms with Crippen molar-refractivity contribution in [3.63, 3.8) is 0 Å². The summed E-state index contributed by atoms with van der Waals surface area (Å²) < 4.78 is 8.97. The van der Waals surface area contributed by atoms with Crippen LogP contribution < -0.4 is 0 Å². The van der Waals surface area contributed by atoms with Gasteiger partial charge < -0.3 is 14.2 Å². The average Bonchev–Trinajstić information content (AvgIpc) is 3.30. The van der Waals surface area contributed by atoms with E-state index in [0.29, 0.717) is 37.7 Å². The number of hydrogen-bond donors (Lipinski definition) is 0. The Morgan fingerprint density at radius 2 is 1.78 bits per heavy atom. The van der Waals surface area contributed by atoms with Gasteiger partial charge in [0.1, 0.15) is 11.6 Å². The Hall–Kier alpha value is -3.73. The Labute approximate surface area is 308 Å². The first kappa shape index (κ1) is 36.1. The molecule has 1 unspecified atom stereocenters. The van der Waals surface area contributed by atoms with Crippen molar-refractivity contribution in [2.75, 3.05) is 26.2 Å². The van der Waals surface area contributed by atoms with E-state index in [1.54, 1.807) is 4.90 Å². The molecule has 1 saturated heterocycles. The Morgan fingerprint density at radius 3 is 2.50 bits per heavy atom. The SMILES string of the molecule is Cc1ncn(CCCN(Cc2ccccc2)C(=O)[C@H]2CN(C3c4ccc(Cl)cc4CCc4cc(Br)cnc43)CCN2C(=O)OC(C)(C)C)c1C. The van der Waals surface area contributed by atoms with Gasteiger partial charge in [0, 0.05) is 60.7 Å². The second-order valence-corrected chi connectivity index (χ2v) is 15.7. The second-order valence-electron chi connectivity index (χ2n) is 14.3. The van der Waals surface area contributed by atoms with Gasteiger partial charge in [0.05, 0.1) is 23.8 Å². The fourth-order valence-corrected chi connectivity index (χ4v) is 7.63. The van der Waals surface area contributed by atoms with Crippen molar-refractivity contribution in [3.8, 4) is 0 Å². The molecule has 6 rings (SSSR count). The number of hydrogen-bond acceptors (Lipinski definition) is 6. The molecule has 1 aliphatic carbocycles. The van der Waals surface area contributed by atoms with Crippen LogP contribution in [-0.2, 0) is 35.5 Å². The maximum Gasteiger partial charge on any atom is 0.411 e. The number of imidazole rings is 1.